The Kier molecular flexibility index (Phi) is 4.26. The van der Waals surface area contributed by atoms with Crippen molar-refractivity contribution < 1.29 is 13.2 Å². The molecule has 6 heteroatoms. The standard InChI is InChI=1S/C17H20N2O3S/c1-14-13-23(21,22)11-5-10-19(14)17(20)15-6-4-7-16(12-15)18-8-2-3-9-18/h2-4,6-9,12,14H,5,10-11,13H2,1H3. The van der Waals surface area contributed by atoms with Crippen molar-refractivity contribution in [3.63, 3.8) is 0 Å². The number of carbonyl (C=O) groups excluding carboxylic acids is 1. The van der Waals surface area contributed by atoms with Crippen LogP contribution in [0.2, 0.25) is 0 Å². The molecule has 1 saturated heterocycles. The van der Waals surface area contributed by atoms with Gasteiger partial charge in [0.15, 0.2) is 9.84 Å². The van der Waals surface area contributed by atoms with E-state index in [1.807, 2.05) is 47.3 Å². The number of nitrogens with zero attached hydrogens (tertiary/aromatic N) is 2. The van der Waals surface area contributed by atoms with Crippen molar-refractivity contribution in [2.24, 2.45) is 0 Å². The Balaban J connectivity index is 1.87. The maximum atomic E-state index is 12.8. The fourth-order valence-corrected chi connectivity index (χ4v) is 4.64. The van der Waals surface area contributed by atoms with Gasteiger partial charge in [0.1, 0.15) is 0 Å². The lowest BCUT2D eigenvalue weighted by atomic mass is 10.1. The highest BCUT2D eigenvalue weighted by Gasteiger charge is 2.29. The van der Waals surface area contributed by atoms with Crippen LogP contribution in [0.3, 0.4) is 0 Å². The minimum Gasteiger partial charge on any atom is -0.335 e. The first-order chi connectivity index (χ1) is 11.0. The summed E-state index contributed by atoms with van der Waals surface area (Å²) in [6.45, 7) is 2.28. The third kappa shape index (κ3) is 3.47. The molecule has 5 nitrogen and oxygen atoms in total. The molecular weight excluding hydrogens is 312 g/mol. The second kappa shape index (κ2) is 6.20. The Hall–Kier alpha value is -2.08. The fourth-order valence-electron chi connectivity index (χ4n) is 2.99. The quantitative estimate of drug-likeness (QED) is 0.846. The summed E-state index contributed by atoms with van der Waals surface area (Å²) in [6, 6.07) is 11.0. The second-order valence-corrected chi connectivity index (χ2v) is 8.18. The molecule has 0 N–H and O–H groups in total. The largest absolute Gasteiger partial charge is 0.335 e. The third-order valence-corrected chi connectivity index (χ3v) is 6.04. The summed E-state index contributed by atoms with van der Waals surface area (Å²) in [4.78, 5) is 14.5. The fraction of sp³-hybridized carbons (Fsp3) is 0.353. The van der Waals surface area contributed by atoms with E-state index in [1.54, 1.807) is 17.9 Å². The van der Waals surface area contributed by atoms with Gasteiger partial charge < -0.3 is 9.47 Å². The Labute approximate surface area is 136 Å². The molecule has 0 bridgehead atoms. The molecule has 3 rings (SSSR count). The van der Waals surface area contributed by atoms with Crippen molar-refractivity contribution in [3.8, 4) is 5.69 Å². The summed E-state index contributed by atoms with van der Waals surface area (Å²) in [5, 5.41) is 0. The van der Waals surface area contributed by atoms with E-state index in [0.29, 0.717) is 18.5 Å². The van der Waals surface area contributed by atoms with E-state index in [-0.39, 0.29) is 23.5 Å². The zero-order valence-corrected chi connectivity index (χ0v) is 13.9. The van der Waals surface area contributed by atoms with Gasteiger partial charge in [0.2, 0.25) is 0 Å². The van der Waals surface area contributed by atoms with E-state index in [4.69, 9.17) is 0 Å². The molecule has 1 amide bonds. The highest BCUT2D eigenvalue weighted by atomic mass is 32.2. The minimum absolute atomic E-state index is 0.0377. The molecule has 1 aliphatic rings. The minimum atomic E-state index is -3.06. The average molecular weight is 332 g/mol. The SMILES string of the molecule is CC1CS(=O)(=O)CCCN1C(=O)c1cccc(-n2cccc2)c1. The van der Waals surface area contributed by atoms with Crippen LogP contribution < -0.4 is 0 Å². The first-order valence-corrected chi connectivity index (χ1v) is 9.53. The Bertz CT molecular complexity index is 797. The van der Waals surface area contributed by atoms with Crippen LogP contribution in [0.25, 0.3) is 5.69 Å². The van der Waals surface area contributed by atoms with Gasteiger partial charge >= 0.3 is 0 Å². The molecule has 2 aromatic rings. The third-order valence-electron chi connectivity index (χ3n) is 4.14. The Morgan fingerprint density at radius 3 is 2.65 bits per heavy atom. The summed E-state index contributed by atoms with van der Waals surface area (Å²) in [6.07, 6.45) is 4.34. The van der Waals surface area contributed by atoms with Crippen LogP contribution in [0.5, 0.6) is 0 Å². The lowest BCUT2D eigenvalue weighted by Crippen LogP contribution is -2.40. The van der Waals surface area contributed by atoms with Crippen LogP contribution in [0.15, 0.2) is 48.8 Å². The van der Waals surface area contributed by atoms with Crippen molar-refractivity contribution in [1.29, 1.82) is 0 Å². The number of hydrogen-bond donors (Lipinski definition) is 0. The van der Waals surface area contributed by atoms with Crippen LogP contribution in [-0.4, -0.2) is 47.9 Å². The molecule has 0 aliphatic carbocycles. The van der Waals surface area contributed by atoms with Gasteiger partial charge in [-0.05, 0) is 43.7 Å². The number of amides is 1. The van der Waals surface area contributed by atoms with Crippen molar-refractivity contribution >= 4 is 15.7 Å². The summed E-state index contributed by atoms with van der Waals surface area (Å²) < 4.78 is 25.6. The van der Waals surface area contributed by atoms with Crippen LogP contribution in [0, 0.1) is 0 Å². The van der Waals surface area contributed by atoms with E-state index in [2.05, 4.69) is 0 Å². The molecule has 0 spiro atoms. The highest BCUT2D eigenvalue weighted by Crippen LogP contribution is 2.18. The number of hydrogen-bond acceptors (Lipinski definition) is 3. The monoisotopic (exact) mass is 332 g/mol. The Morgan fingerprint density at radius 2 is 1.91 bits per heavy atom. The molecule has 122 valence electrons. The molecule has 23 heavy (non-hydrogen) atoms. The van der Waals surface area contributed by atoms with Crippen molar-refractivity contribution in [1.82, 2.24) is 9.47 Å². The normalized spacial score (nSPS) is 20.9. The first-order valence-electron chi connectivity index (χ1n) is 7.71. The lowest BCUT2D eigenvalue weighted by Gasteiger charge is -2.26. The number of sulfone groups is 1. The summed E-state index contributed by atoms with van der Waals surface area (Å²) in [7, 11) is -3.06. The molecule has 1 aromatic carbocycles. The molecule has 2 heterocycles. The van der Waals surface area contributed by atoms with Gasteiger partial charge in [-0.25, -0.2) is 8.42 Å². The predicted octanol–water partition coefficient (Wildman–Crippen LogP) is 2.13. The van der Waals surface area contributed by atoms with Crippen molar-refractivity contribution in [2.45, 2.75) is 19.4 Å². The van der Waals surface area contributed by atoms with E-state index >= 15 is 0 Å². The van der Waals surface area contributed by atoms with Gasteiger partial charge in [-0.3, -0.25) is 4.79 Å². The molecule has 1 fully saturated rings. The molecule has 0 saturated carbocycles. The molecular formula is C17H20N2O3S. The first kappa shape index (κ1) is 15.8. The molecule has 1 aromatic heterocycles. The molecule has 1 aliphatic heterocycles. The molecule has 0 radical (unpaired) electrons. The van der Waals surface area contributed by atoms with Gasteiger partial charge in [-0.1, -0.05) is 6.07 Å². The van der Waals surface area contributed by atoms with Gasteiger partial charge in [-0.2, -0.15) is 0 Å². The predicted molar refractivity (Wildman–Crippen MR) is 89.5 cm³/mol. The number of carbonyl (C=O) groups is 1. The molecule has 1 unspecified atom stereocenters. The number of aromatic nitrogens is 1. The second-order valence-electron chi connectivity index (χ2n) is 5.96. The van der Waals surface area contributed by atoms with Crippen LogP contribution in [0.1, 0.15) is 23.7 Å². The lowest BCUT2D eigenvalue weighted by molar-refractivity contribution is 0.0712. The number of rotatable bonds is 2. The highest BCUT2D eigenvalue weighted by molar-refractivity contribution is 7.91. The summed E-state index contributed by atoms with van der Waals surface area (Å²) >= 11 is 0. The van der Waals surface area contributed by atoms with Gasteiger partial charge in [0, 0.05) is 36.2 Å². The van der Waals surface area contributed by atoms with E-state index < -0.39 is 9.84 Å². The molecule has 1 atom stereocenters. The van der Waals surface area contributed by atoms with E-state index in [1.165, 1.54) is 0 Å². The van der Waals surface area contributed by atoms with Gasteiger partial charge in [0.05, 0.1) is 11.5 Å². The maximum absolute atomic E-state index is 12.8. The van der Waals surface area contributed by atoms with E-state index in [9.17, 15) is 13.2 Å². The van der Waals surface area contributed by atoms with Crippen molar-refractivity contribution in [2.75, 3.05) is 18.1 Å². The van der Waals surface area contributed by atoms with Crippen molar-refractivity contribution in [3.05, 3.63) is 54.4 Å². The van der Waals surface area contributed by atoms with Crippen LogP contribution in [-0.2, 0) is 9.84 Å². The summed E-state index contributed by atoms with van der Waals surface area (Å²) in [5.41, 5.74) is 1.50. The average Bonchev–Trinajstić information content (AvgIpc) is 3.00. The van der Waals surface area contributed by atoms with Gasteiger partial charge in [-0.15, -0.1) is 0 Å². The topological polar surface area (TPSA) is 59.4 Å². The zero-order valence-electron chi connectivity index (χ0n) is 13.1. The Morgan fingerprint density at radius 1 is 1.17 bits per heavy atom. The van der Waals surface area contributed by atoms with Crippen LogP contribution in [0.4, 0.5) is 0 Å². The number of benzene rings is 1. The summed E-state index contributed by atoms with van der Waals surface area (Å²) in [5.74, 6) is 0.0872. The maximum Gasteiger partial charge on any atom is 0.254 e. The van der Waals surface area contributed by atoms with Gasteiger partial charge in [0.25, 0.3) is 5.91 Å². The van der Waals surface area contributed by atoms with E-state index in [0.717, 1.165) is 5.69 Å². The zero-order chi connectivity index (χ0) is 16.4. The van der Waals surface area contributed by atoms with Crippen LogP contribution >= 0.6 is 0 Å². The smallest absolute Gasteiger partial charge is 0.254 e.